The lowest BCUT2D eigenvalue weighted by Crippen LogP contribution is -2.42. The third-order valence-electron chi connectivity index (χ3n) is 2.87. The Bertz CT molecular complexity index is 386. The van der Waals surface area contributed by atoms with Crippen molar-refractivity contribution in [3.8, 4) is 0 Å². The molecular formula is C14H22N2O. The molecule has 0 atom stereocenters. The molecule has 0 aromatic heterocycles. The lowest BCUT2D eigenvalue weighted by Gasteiger charge is -2.25. The van der Waals surface area contributed by atoms with Crippen LogP contribution < -0.4 is 10.6 Å². The van der Waals surface area contributed by atoms with Gasteiger partial charge in [-0.3, -0.25) is 4.79 Å². The van der Waals surface area contributed by atoms with Crippen LogP contribution in [0.3, 0.4) is 0 Å². The zero-order valence-electron chi connectivity index (χ0n) is 11.1. The maximum atomic E-state index is 12.2. The third-order valence-corrected chi connectivity index (χ3v) is 2.87. The normalized spacial score (nSPS) is 11.1. The minimum absolute atomic E-state index is 0.0200. The molecule has 0 saturated carbocycles. The van der Waals surface area contributed by atoms with Gasteiger partial charge in [0.15, 0.2) is 0 Å². The van der Waals surface area contributed by atoms with E-state index in [2.05, 4.69) is 17.6 Å². The molecule has 1 aromatic rings. The summed E-state index contributed by atoms with van der Waals surface area (Å²) in [6.07, 6.45) is 0.905. The van der Waals surface area contributed by atoms with Crippen LogP contribution in [0.1, 0.15) is 44.5 Å². The quantitative estimate of drug-likeness (QED) is 0.822. The number of anilines is 1. The van der Waals surface area contributed by atoms with Crippen molar-refractivity contribution in [2.24, 2.45) is 0 Å². The molecule has 0 unspecified atom stereocenters. The Morgan fingerprint density at radius 2 is 1.88 bits per heavy atom. The summed E-state index contributed by atoms with van der Waals surface area (Å²) in [6, 6.07) is 7.59. The largest absolute Gasteiger partial charge is 0.385 e. The molecule has 3 nitrogen and oxygen atoms in total. The van der Waals surface area contributed by atoms with Crippen molar-refractivity contribution >= 4 is 11.6 Å². The van der Waals surface area contributed by atoms with Crippen molar-refractivity contribution in [3.63, 3.8) is 0 Å². The van der Waals surface area contributed by atoms with E-state index >= 15 is 0 Å². The fourth-order valence-electron chi connectivity index (χ4n) is 1.49. The number of hydrogen-bond donors (Lipinski definition) is 2. The molecule has 94 valence electrons. The molecule has 1 rings (SSSR count). The van der Waals surface area contributed by atoms with Crippen molar-refractivity contribution < 1.29 is 4.79 Å². The third kappa shape index (κ3) is 3.77. The molecule has 0 bridgehead atoms. The molecule has 0 heterocycles. The Labute approximate surface area is 104 Å². The van der Waals surface area contributed by atoms with Crippen LogP contribution in [-0.2, 0) is 0 Å². The van der Waals surface area contributed by atoms with E-state index < -0.39 is 0 Å². The fourth-order valence-corrected chi connectivity index (χ4v) is 1.49. The van der Waals surface area contributed by atoms with E-state index in [1.54, 1.807) is 0 Å². The van der Waals surface area contributed by atoms with Crippen molar-refractivity contribution in [2.75, 3.05) is 11.9 Å². The molecule has 0 radical (unpaired) electrons. The molecule has 0 aliphatic rings. The Morgan fingerprint density at radius 3 is 2.47 bits per heavy atom. The molecule has 0 aliphatic heterocycles. The number of carbonyl (C=O) groups excluding carboxylic acids is 1. The second kappa shape index (κ2) is 5.71. The van der Waals surface area contributed by atoms with E-state index in [-0.39, 0.29) is 11.4 Å². The zero-order valence-corrected chi connectivity index (χ0v) is 11.1. The van der Waals surface area contributed by atoms with Crippen LogP contribution in [0, 0.1) is 0 Å². The SMILES string of the molecule is CCNc1ccccc1C(=O)NC(C)(C)CC. The van der Waals surface area contributed by atoms with Crippen LogP contribution in [-0.4, -0.2) is 18.0 Å². The predicted octanol–water partition coefficient (Wildman–Crippen LogP) is 3.04. The second-order valence-corrected chi connectivity index (χ2v) is 4.77. The van der Waals surface area contributed by atoms with Crippen molar-refractivity contribution in [1.82, 2.24) is 5.32 Å². The van der Waals surface area contributed by atoms with Gasteiger partial charge in [-0.25, -0.2) is 0 Å². The van der Waals surface area contributed by atoms with Gasteiger partial charge < -0.3 is 10.6 Å². The smallest absolute Gasteiger partial charge is 0.253 e. The van der Waals surface area contributed by atoms with Gasteiger partial charge in [0.25, 0.3) is 5.91 Å². The summed E-state index contributed by atoms with van der Waals surface area (Å²) in [7, 11) is 0. The molecule has 1 amide bonds. The Hall–Kier alpha value is -1.51. The van der Waals surface area contributed by atoms with Gasteiger partial charge >= 0.3 is 0 Å². The molecule has 2 N–H and O–H groups in total. The minimum Gasteiger partial charge on any atom is -0.385 e. The first-order valence-electron chi connectivity index (χ1n) is 6.15. The lowest BCUT2D eigenvalue weighted by atomic mass is 10.0. The molecule has 0 spiro atoms. The van der Waals surface area contributed by atoms with Crippen molar-refractivity contribution in [2.45, 2.75) is 39.7 Å². The van der Waals surface area contributed by atoms with E-state index in [0.717, 1.165) is 18.7 Å². The summed E-state index contributed by atoms with van der Waals surface area (Å²) in [6.45, 7) is 8.95. The standard InChI is InChI=1S/C14H22N2O/c1-5-14(3,4)16-13(17)11-9-7-8-10-12(11)15-6-2/h7-10,15H,5-6H2,1-4H3,(H,16,17). The highest BCUT2D eigenvalue weighted by Gasteiger charge is 2.20. The number of nitrogens with one attached hydrogen (secondary N) is 2. The topological polar surface area (TPSA) is 41.1 Å². The van der Waals surface area contributed by atoms with E-state index in [0.29, 0.717) is 5.56 Å². The minimum atomic E-state index is -0.170. The van der Waals surface area contributed by atoms with Crippen molar-refractivity contribution in [3.05, 3.63) is 29.8 Å². The second-order valence-electron chi connectivity index (χ2n) is 4.77. The Morgan fingerprint density at radius 1 is 1.24 bits per heavy atom. The highest BCUT2D eigenvalue weighted by atomic mass is 16.1. The number of benzene rings is 1. The summed E-state index contributed by atoms with van der Waals surface area (Å²) in [5, 5.41) is 6.24. The molecule has 3 heteroatoms. The van der Waals surface area contributed by atoms with Crippen LogP contribution in [0.4, 0.5) is 5.69 Å². The summed E-state index contributed by atoms with van der Waals surface area (Å²) in [4.78, 5) is 12.2. The molecule has 0 fully saturated rings. The van der Waals surface area contributed by atoms with Gasteiger partial charge in [0.05, 0.1) is 5.56 Å². The average Bonchev–Trinajstić information content (AvgIpc) is 2.29. The monoisotopic (exact) mass is 234 g/mol. The molecule has 17 heavy (non-hydrogen) atoms. The summed E-state index contributed by atoms with van der Waals surface area (Å²) in [5.41, 5.74) is 1.42. The number of hydrogen-bond acceptors (Lipinski definition) is 2. The van der Waals surface area contributed by atoms with Gasteiger partial charge in [0.1, 0.15) is 0 Å². The number of para-hydroxylation sites is 1. The van der Waals surface area contributed by atoms with E-state index in [1.807, 2.05) is 45.0 Å². The number of carbonyl (C=O) groups is 1. The first-order valence-corrected chi connectivity index (χ1v) is 6.15. The predicted molar refractivity (Wildman–Crippen MR) is 72.4 cm³/mol. The van der Waals surface area contributed by atoms with Crippen LogP contribution >= 0.6 is 0 Å². The number of rotatable bonds is 5. The van der Waals surface area contributed by atoms with Gasteiger partial charge in [-0.15, -0.1) is 0 Å². The first kappa shape index (κ1) is 13.6. The Balaban J connectivity index is 2.88. The van der Waals surface area contributed by atoms with Crippen LogP contribution in [0.15, 0.2) is 24.3 Å². The van der Waals surface area contributed by atoms with Crippen LogP contribution in [0.25, 0.3) is 0 Å². The maximum absolute atomic E-state index is 12.2. The van der Waals surface area contributed by atoms with Gasteiger partial charge in [-0.1, -0.05) is 19.1 Å². The lowest BCUT2D eigenvalue weighted by molar-refractivity contribution is 0.0912. The molecular weight excluding hydrogens is 212 g/mol. The van der Waals surface area contributed by atoms with Crippen LogP contribution in [0.2, 0.25) is 0 Å². The maximum Gasteiger partial charge on any atom is 0.253 e. The van der Waals surface area contributed by atoms with Gasteiger partial charge in [-0.2, -0.15) is 0 Å². The van der Waals surface area contributed by atoms with Crippen LogP contribution in [0.5, 0.6) is 0 Å². The summed E-state index contributed by atoms with van der Waals surface area (Å²) in [5.74, 6) is -0.0200. The average molecular weight is 234 g/mol. The van der Waals surface area contributed by atoms with E-state index in [1.165, 1.54) is 0 Å². The molecule has 1 aromatic carbocycles. The summed E-state index contributed by atoms with van der Waals surface area (Å²) < 4.78 is 0. The molecule has 0 saturated heterocycles. The summed E-state index contributed by atoms with van der Waals surface area (Å²) >= 11 is 0. The van der Waals surface area contributed by atoms with E-state index in [9.17, 15) is 4.79 Å². The van der Waals surface area contributed by atoms with Gasteiger partial charge in [-0.05, 0) is 39.3 Å². The van der Waals surface area contributed by atoms with Crippen molar-refractivity contribution in [1.29, 1.82) is 0 Å². The van der Waals surface area contributed by atoms with Gasteiger partial charge in [0.2, 0.25) is 0 Å². The Kier molecular flexibility index (Phi) is 4.55. The van der Waals surface area contributed by atoms with Gasteiger partial charge in [0, 0.05) is 17.8 Å². The zero-order chi connectivity index (χ0) is 12.9. The fraction of sp³-hybridized carbons (Fsp3) is 0.500. The highest BCUT2D eigenvalue weighted by molar-refractivity contribution is 5.99. The molecule has 0 aliphatic carbocycles. The highest BCUT2D eigenvalue weighted by Crippen LogP contribution is 2.16. The van der Waals surface area contributed by atoms with E-state index in [4.69, 9.17) is 0 Å². The number of amides is 1. The first-order chi connectivity index (χ1) is 8.00.